The van der Waals surface area contributed by atoms with E-state index in [0.29, 0.717) is 0 Å². The molecule has 2 rings (SSSR count). The molecule has 80 valence electrons. The Morgan fingerprint density at radius 3 is 1.38 bits per heavy atom. The van der Waals surface area contributed by atoms with Crippen LogP contribution in [-0.4, -0.2) is 9.98 Å². The second-order valence-electron chi connectivity index (χ2n) is 3.37. The first-order chi connectivity index (χ1) is 7.79. The van der Waals surface area contributed by atoms with E-state index in [1.165, 1.54) is 8.79 Å². The minimum absolute atomic E-state index is 1.40. The fourth-order valence-corrected chi connectivity index (χ4v) is 28.7. The standard InChI is InChI=1S/C12H10Ge.2ClH.Zr/c1-3-7-11(8-4-1)13-12-9-5-2-6-10-12;;;/h1-10H;2*1H;/q;;;+2/p-2. The van der Waals surface area contributed by atoms with Crippen molar-refractivity contribution < 1.29 is 16.2 Å². The van der Waals surface area contributed by atoms with Crippen LogP contribution >= 0.6 is 17.0 Å². The number of benzene rings is 2. The molecule has 4 heteroatoms. The van der Waals surface area contributed by atoms with Gasteiger partial charge in [0.1, 0.15) is 0 Å². The van der Waals surface area contributed by atoms with Crippen LogP contribution in [0.15, 0.2) is 60.7 Å². The average molecular weight is 389 g/mol. The Morgan fingerprint density at radius 1 is 0.688 bits per heavy atom. The van der Waals surface area contributed by atoms with Gasteiger partial charge in [0.2, 0.25) is 0 Å². The van der Waals surface area contributed by atoms with E-state index < -0.39 is 26.2 Å². The van der Waals surface area contributed by atoms with Gasteiger partial charge >= 0.3 is 113 Å². The summed E-state index contributed by atoms with van der Waals surface area (Å²) < 4.78 is 2.79. The summed E-state index contributed by atoms with van der Waals surface area (Å²) in [6, 6.07) is 21.1. The van der Waals surface area contributed by atoms with Crippen LogP contribution in [0.25, 0.3) is 0 Å². The molecule has 16 heavy (non-hydrogen) atoms. The molecule has 2 aromatic carbocycles. The topological polar surface area (TPSA) is 0 Å². The molecule has 0 fully saturated rings. The summed E-state index contributed by atoms with van der Waals surface area (Å²) in [6.07, 6.45) is 0. The van der Waals surface area contributed by atoms with Crippen LogP contribution in [0.2, 0.25) is 0 Å². The summed E-state index contributed by atoms with van der Waals surface area (Å²) in [7, 11) is 11.1. The third-order valence-corrected chi connectivity index (χ3v) is 30.7. The second kappa shape index (κ2) is 6.40. The normalized spacial score (nSPS) is 9.88. The van der Waals surface area contributed by atoms with Gasteiger partial charge in [-0.05, 0) is 0 Å². The summed E-state index contributed by atoms with van der Waals surface area (Å²) in [5.41, 5.74) is 0. The molecular weight excluding hydrogens is 379 g/mol. The molecule has 0 N–H and O–H groups in total. The van der Waals surface area contributed by atoms with Crippen molar-refractivity contribution in [2.24, 2.45) is 0 Å². The molecule has 0 atom stereocenters. The van der Waals surface area contributed by atoms with Crippen LogP contribution in [0, 0.1) is 0 Å². The van der Waals surface area contributed by atoms with Gasteiger partial charge in [0, 0.05) is 0 Å². The van der Waals surface area contributed by atoms with Crippen LogP contribution in [0.5, 0.6) is 0 Å². The van der Waals surface area contributed by atoms with E-state index in [4.69, 9.17) is 17.0 Å². The molecule has 0 heterocycles. The van der Waals surface area contributed by atoms with Crippen molar-refractivity contribution in [3.05, 3.63) is 60.7 Å². The van der Waals surface area contributed by atoms with Crippen LogP contribution in [0.4, 0.5) is 0 Å². The SMILES string of the molecule is [Cl][Zr]([Cl])=[Ge]([c]1ccccc1)[c]1ccccc1. The van der Waals surface area contributed by atoms with Gasteiger partial charge < -0.3 is 0 Å². The fraction of sp³-hybridized carbons (Fsp3) is 0. The van der Waals surface area contributed by atoms with Crippen LogP contribution in [0.3, 0.4) is 0 Å². The molecule has 0 saturated heterocycles. The maximum atomic E-state index is 6.35. The van der Waals surface area contributed by atoms with E-state index in [-0.39, 0.29) is 0 Å². The van der Waals surface area contributed by atoms with Crippen molar-refractivity contribution in [3.8, 4) is 0 Å². The van der Waals surface area contributed by atoms with Gasteiger partial charge in [0.05, 0.1) is 0 Å². The molecule has 0 radical (unpaired) electrons. The molecule has 0 aliphatic heterocycles. The van der Waals surface area contributed by atoms with E-state index in [1.54, 1.807) is 0 Å². The van der Waals surface area contributed by atoms with Gasteiger partial charge in [-0.3, -0.25) is 0 Å². The predicted molar refractivity (Wildman–Crippen MR) is 69.6 cm³/mol. The van der Waals surface area contributed by atoms with E-state index >= 15 is 0 Å². The third-order valence-electron chi connectivity index (χ3n) is 2.31. The zero-order valence-electron chi connectivity index (χ0n) is 8.53. The number of halogens is 2. The van der Waals surface area contributed by atoms with Gasteiger partial charge in [-0.15, -0.1) is 0 Å². The number of hydrogen-bond donors (Lipinski definition) is 0. The Hall–Kier alpha value is 0.446. The van der Waals surface area contributed by atoms with Crippen LogP contribution in [-0.2, 0) is 16.2 Å². The van der Waals surface area contributed by atoms with Crippen molar-refractivity contribution >= 4 is 35.8 Å². The molecule has 0 aliphatic carbocycles. The minimum atomic E-state index is -2.19. The molecular formula is C12H10Cl2GeZr. The van der Waals surface area contributed by atoms with E-state index in [9.17, 15) is 0 Å². The van der Waals surface area contributed by atoms with Crippen molar-refractivity contribution in [2.75, 3.05) is 0 Å². The Labute approximate surface area is 111 Å². The Bertz CT molecular complexity index is 451. The predicted octanol–water partition coefficient (Wildman–Crippen LogP) is 2.72. The van der Waals surface area contributed by atoms with Gasteiger partial charge in [-0.2, -0.15) is 0 Å². The molecule has 0 amide bonds. The summed E-state index contributed by atoms with van der Waals surface area (Å²) in [6.45, 7) is 0. The van der Waals surface area contributed by atoms with Crippen LogP contribution < -0.4 is 8.79 Å². The summed E-state index contributed by atoms with van der Waals surface area (Å²) in [5.74, 6) is 0. The first kappa shape index (κ1) is 12.9. The first-order valence-corrected chi connectivity index (χ1v) is 20.8. The molecule has 2 aromatic rings. The van der Waals surface area contributed by atoms with Crippen LogP contribution in [0.1, 0.15) is 0 Å². The number of hydrogen-bond acceptors (Lipinski definition) is 0. The van der Waals surface area contributed by atoms with Gasteiger partial charge in [0.15, 0.2) is 0 Å². The van der Waals surface area contributed by atoms with Gasteiger partial charge in [0.25, 0.3) is 0 Å². The zero-order chi connectivity index (χ0) is 11.4. The zero-order valence-corrected chi connectivity index (χ0v) is 14.6. The Morgan fingerprint density at radius 2 is 1.06 bits per heavy atom. The Kier molecular flexibility index (Phi) is 5.15. The fourth-order valence-electron chi connectivity index (χ4n) is 1.59. The third kappa shape index (κ3) is 3.23. The van der Waals surface area contributed by atoms with E-state index in [0.717, 1.165) is 0 Å². The van der Waals surface area contributed by atoms with E-state index in [2.05, 4.69) is 48.5 Å². The van der Waals surface area contributed by atoms with Gasteiger partial charge in [-0.25, -0.2) is 0 Å². The van der Waals surface area contributed by atoms with Crippen molar-refractivity contribution in [3.63, 3.8) is 0 Å². The summed E-state index contributed by atoms with van der Waals surface area (Å²) in [4.78, 5) is 0. The Balaban J connectivity index is 2.54. The molecule has 0 saturated carbocycles. The molecule has 0 aromatic heterocycles. The molecule has 0 spiro atoms. The molecule has 0 bridgehead atoms. The summed E-state index contributed by atoms with van der Waals surface area (Å²) >= 11 is -2.19. The summed E-state index contributed by atoms with van der Waals surface area (Å²) in [5, 5.41) is 0. The average Bonchev–Trinajstić information content (AvgIpc) is 2.31. The monoisotopic (exact) mass is 388 g/mol. The molecule has 0 unspecified atom stereocenters. The maximum absolute atomic E-state index is 6.35. The first-order valence-electron chi connectivity index (χ1n) is 4.95. The molecule has 0 aliphatic rings. The van der Waals surface area contributed by atoms with Crippen molar-refractivity contribution in [1.29, 1.82) is 0 Å². The molecule has 0 nitrogen and oxygen atoms in total. The van der Waals surface area contributed by atoms with Crippen molar-refractivity contribution in [1.82, 2.24) is 0 Å². The van der Waals surface area contributed by atoms with Gasteiger partial charge in [-0.1, -0.05) is 0 Å². The van der Waals surface area contributed by atoms with E-state index in [1.807, 2.05) is 12.1 Å². The second-order valence-corrected chi connectivity index (χ2v) is 34.7. The van der Waals surface area contributed by atoms with Crippen molar-refractivity contribution in [2.45, 2.75) is 0 Å². The quantitative estimate of drug-likeness (QED) is 0.694. The number of rotatable bonds is 2.